The Balaban J connectivity index is 1.88. The summed E-state index contributed by atoms with van der Waals surface area (Å²) in [6.07, 6.45) is 0. The topological polar surface area (TPSA) is 71.4 Å². The van der Waals surface area contributed by atoms with E-state index in [1.807, 2.05) is 26.0 Å². The Bertz CT molecular complexity index is 1170. The number of hydrogen-bond donors (Lipinski definition) is 1. The molecule has 0 saturated heterocycles. The van der Waals surface area contributed by atoms with Crippen LogP contribution in [0, 0.1) is 13.8 Å². The lowest BCUT2D eigenvalue weighted by Crippen LogP contribution is -2.26. The van der Waals surface area contributed by atoms with Crippen molar-refractivity contribution in [1.82, 2.24) is 4.57 Å². The van der Waals surface area contributed by atoms with Gasteiger partial charge in [-0.15, -0.1) is 0 Å². The minimum Gasteiger partial charge on any atom is -0.346 e. The summed E-state index contributed by atoms with van der Waals surface area (Å²) in [5.74, 6) is -0.263. The molecule has 0 atom stereocenters. The Morgan fingerprint density at radius 1 is 1.00 bits per heavy atom. The van der Waals surface area contributed by atoms with Crippen molar-refractivity contribution in [1.29, 1.82) is 0 Å². The van der Waals surface area contributed by atoms with Crippen molar-refractivity contribution in [3.8, 4) is 0 Å². The number of anilines is 2. The molecule has 0 bridgehead atoms. The summed E-state index contributed by atoms with van der Waals surface area (Å²) in [6, 6.07) is 17.3. The Morgan fingerprint density at radius 3 is 2.27 bits per heavy atom. The average molecular weight is 426 g/mol. The first-order valence-corrected chi connectivity index (χ1v) is 11.2. The van der Waals surface area contributed by atoms with Gasteiger partial charge < -0.3 is 9.88 Å². The number of hydrogen-bond acceptors (Lipinski definition) is 3. The van der Waals surface area contributed by atoms with E-state index >= 15 is 0 Å². The van der Waals surface area contributed by atoms with Crippen LogP contribution in [0.25, 0.3) is 0 Å². The fourth-order valence-electron chi connectivity index (χ4n) is 3.67. The van der Waals surface area contributed by atoms with Gasteiger partial charge in [0.05, 0.1) is 16.1 Å². The zero-order valence-electron chi connectivity index (χ0n) is 17.9. The van der Waals surface area contributed by atoms with Crippen LogP contribution in [-0.4, -0.2) is 25.9 Å². The van der Waals surface area contributed by atoms with Crippen molar-refractivity contribution in [2.45, 2.75) is 38.6 Å². The van der Waals surface area contributed by atoms with Gasteiger partial charge in [0.2, 0.25) is 0 Å². The van der Waals surface area contributed by atoms with Crippen LogP contribution in [0.15, 0.2) is 65.6 Å². The van der Waals surface area contributed by atoms with Crippen LogP contribution < -0.4 is 9.62 Å². The van der Waals surface area contributed by atoms with Gasteiger partial charge in [0.15, 0.2) is 0 Å². The van der Waals surface area contributed by atoms with Crippen molar-refractivity contribution in [2.24, 2.45) is 0 Å². The molecular weight excluding hydrogens is 398 g/mol. The maximum absolute atomic E-state index is 13.0. The molecule has 1 N–H and O–H groups in total. The summed E-state index contributed by atoms with van der Waals surface area (Å²) in [5, 5.41) is 2.83. The Morgan fingerprint density at radius 2 is 1.67 bits per heavy atom. The molecule has 30 heavy (non-hydrogen) atoms. The zero-order chi connectivity index (χ0) is 22.1. The van der Waals surface area contributed by atoms with Crippen LogP contribution in [0.5, 0.6) is 0 Å². The first-order valence-electron chi connectivity index (χ1n) is 9.76. The number of nitrogens with one attached hydrogen (secondary N) is 1. The van der Waals surface area contributed by atoms with Crippen LogP contribution in [0.4, 0.5) is 11.4 Å². The molecule has 0 aliphatic carbocycles. The molecule has 0 unspecified atom stereocenters. The molecule has 3 aromatic rings. The maximum atomic E-state index is 13.0. The van der Waals surface area contributed by atoms with Gasteiger partial charge in [-0.1, -0.05) is 24.3 Å². The molecule has 0 spiro atoms. The summed E-state index contributed by atoms with van der Waals surface area (Å²) in [5.41, 5.74) is 3.46. The smallest absolute Gasteiger partial charge is 0.264 e. The van der Waals surface area contributed by atoms with E-state index in [1.54, 1.807) is 36.4 Å². The summed E-state index contributed by atoms with van der Waals surface area (Å²) >= 11 is 0. The van der Waals surface area contributed by atoms with E-state index in [9.17, 15) is 13.2 Å². The number of carbonyl (C=O) groups excluding carboxylic acids is 1. The van der Waals surface area contributed by atoms with E-state index in [0.717, 1.165) is 11.4 Å². The maximum Gasteiger partial charge on any atom is 0.264 e. The first kappa shape index (κ1) is 21.6. The number of benzene rings is 2. The fourth-order valence-corrected chi connectivity index (χ4v) is 4.91. The average Bonchev–Trinajstić information content (AvgIpc) is 3.02. The standard InChI is InChI=1S/C23H27N3O3S/c1-16(2)26-17(3)14-22(18(26)4)23(27)24-19-10-9-13-21(15-19)30(28,29)25(5)20-11-7-6-8-12-20/h6-16H,1-5H3,(H,24,27). The largest absolute Gasteiger partial charge is 0.346 e. The van der Waals surface area contributed by atoms with E-state index in [2.05, 4.69) is 23.7 Å². The second kappa shape index (κ2) is 8.36. The number of aromatic nitrogens is 1. The lowest BCUT2D eigenvalue weighted by Gasteiger charge is -2.20. The number of amides is 1. The highest BCUT2D eigenvalue weighted by Crippen LogP contribution is 2.25. The lowest BCUT2D eigenvalue weighted by atomic mass is 10.2. The minimum absolute atomic E-state index is 0.110. The zero-order valence-corrected chi connectivity index (χ0v) is 18.7. The molecule has 158 valence electrons. The number of aryl methyl sites for hydroxylation is 1. The van der Waals surface area contributed by atoms with Gasteiger partial charge in [0.1, 0.15) is 0 Å². The van der Waals surface area contributed by atoms with Crippen molar-refractivity contribution < 1.29 is 13.2 Å². The fraction of sp³-hybridized carbons (Fsp3) is 0.261. The number of rotatable bonds is 6. The van der Waals surface area contributed by atoms with E-state index in [1.165, 1.54) is 23.5 Å². The van der Waals surface area contributed by atoms with Crippen molar-refractivity contribution in [3.63, 3.8) is 0 Å². The van der Waals surface area contributed by atoms with Crippen molar-refractivity contribution in [3.05, 3.63) is 77.6 Å². The first-order chi connectivity index (χ1) is 14.1. The van der Waals surface area contributed by atoms with Gasteiger partial charge in [0, 0.05) is 30.2 Å². The van der Waals surface area contributed by atoms with E-state index in [4.69, 9.17) is 0 Å². The van der Waals surface area contributed by atoms with Gasteiger partial charge in [-0.3, -0.25) is 9.10 Å². The van der Waals surface area contributed by atoms with Crippen LogP contribution >= 0.6 is 0 Å². The number of carbonyl (C=O) groups is 1. The monoisotopic (exact) mass is 425 g/mol. The highest BCUT2D eigenvalue weighted by atomic mass is 32.2. The highest BCUT2D eigenvalue weighted by Gasteiger charge is 2.22. The number of para-hydroxylation sites is 1. The number of sulfonamides is 1. The van der Waals surface area contributed by atoms with Crippen molar-refractivity contribution >= 4 is 27.3 Å². The van der Waals surface area contributed by atoms with Crippen LogP contribution in [0.3, 0.4) is 0 Å². The summed E-state index contributed by atoms with van der Waals surface area (Å²) in [7, 11) is -2.25. The Kier molecular flexibility index (Phi) is 6.03. The van der Waals surface area contributed by atoms with Gasteiger partial charge in [-0.2, -0.15) is 0 Å². The van der Waals surface area contributed by atoms with Crippen molar-refractivity contribution in [2.75, 3.05) is 16.7 Å². The second-order valence-electron chi connectivity index (χ2n) is 7.54. The van der Waals surface area contributed by atoms with E-state index in [-0.39, 0.29) is 16.8 Å². The molecule has 1 amide bonds. The molecule has 0 aliphatic heterocycles. The lowest BCUT2D eigenvalue weighted by molar-refractivity contribution is 0.102. The molecule has 0 radical (unpaired) electrons. The molecular formula is C23H27N3O3S. The Hall–Kier alpha value is -3.06. The molecule has 0 saturated carbocycles. The molecule has 1 heterocycles. The summed E-state index contributed by atoms with van der Waals surface area (Å²) in [6.45, 7) is 8.02. The normalized spacial score (nSPS) is 11.5. The van der Waals surface area contributed by atoms with Gasteiger partial charge in [-0.05, 0) is 64.1 Å². The summed E-state index contributed by atoms with van der Waals surface area (Å²) in [4.78, 5) is 13.0. The SMILES string of the molecule is Cc1cc(C(=O)Nc2cccc(S(=O)(=O)N(C)c3ccccc3)c2)c(C)n1C(C)C. The molecule has 3 rings (SSSR count). The minimum atomic E-state index is -3.76. The molecule has 0 aliphatic rings. The van der Waals surface area contributed by atoms with Crippen LogP contribution in [-0.2, 0) is 10.0 Å². The molecule has 6 nitrogen and oxygen atoms in total. The highest BCUT2D eigenvalue weighted by molar-refractivity contribution is 7.92. The van der Waals surface area contributed by atoms with Gasteiger partial charge >= 0.3 is 0 Å². The summed E-state index contributed by atoms with van der Waals surface area (Å²) < 4.78 is 29.4. The van der Waals surface area contributed by atoms with E-state index < -0.39 is 10.0 Å². The second-order valence-corrected chi connectivity index (χ2v) is 9.51. The predicted molar refractivity (Wildman–Crippen MR) is 121 cm³/mol. The third-order valence-corrected chi connectivity index (χ3v) is 6.90. The van der Waals surface area contributed by atoms with Gasteiger partial charge in [-0.25, -0.2) is 8.42 Å². The third-order valence-electron chi connectivity index (χ3n) is 5.12. The van der Waals surface area contributed by atoms with Crippen LogP contribution in [0.1, 0.15) is 41.6 Å². The molecule has 7 heteroatoms. The van der Waals surface area contributed by atoms with E-state index in [0.29, 0.717) is 16.9 Å². The quantitative estimate of drug-likeness (QED) is 0.619. The Labute approximate surface area is 178 Å². The molecule has 0 fully saturated rings. The van der Waals surface area contributed by atoms with Crippen LogP contribution in [0.2, 0.25) is 0 Å². The molecule has 2 aromatic carbocycles. The number of nitrogens with zero attached hydrogens (tertiary/aromatic N) is 2. The third kappa shape index (κ3) is 4.11. The molecule has 1 aromatic heterocycles. The predicted octanol–water partition coefficient (Wildman–Crippen LogP) is 4.76. The van der Waals surface area contributed by atoms with Gasteiger partial charge in [0.25, 0.3) is 15.9 Å².